The van der Waals surface area contributed by atoms with Crippen molar-refractivity contribution in [2.45, 2.75) is 0 Å². The van der Waals surface area contributed by atoms with Crippen LogP contribution in [0.2, 0.25) is 0 Å². The minimum Gasteiger partial charge on any atom is -0.481 e. The first-order chi connectivity index (χ1) is 11.6. The summed E-state index contributed by atoms with van der Waals surface area (Å²) in [7, 11) is 0. The van der Waals surface area contributed by atoms with E-state index in [1.54, 1.807) is 28.8 Å². The molecule has 3 aromatic rings. The van der Waals surface area contributed by atoms with Crippen molar-refractivity contribution < 1.29 is 18.3 Å². The first kappa shape index (κ1) is 15.6. The Hall–Kier alpha value is -3.29. The van der Waals surface area contributed by atoms with Crippen LogP contribution in [0.1, 0.15) is 0 Å². The number of ether oxygens (including phenoxy) is 1. The Balaban J connectivity index is 1.67. The number of halogens is 2. The summed E-state index contributed by atoms with van der Waals surface area (Å²) in [6, 6.07) is 9.90. The van der Waals surface area contributed by atoms with Gasteiger partial charge < -0.3 is 10.1 Å². The van der Waals surface area contributed by atoms with E-state index in [1.807, 2.05) is 0 Å². The summed E-state index contributed by atoms with van der Waals surface area (Å²) in [5, 5.41) is 10.1. The number of aromatic nitrogens is 3. The van der Waals surface area contributed by atoms with Crippen LogP contribution >= 0.6 is 0 Å². The van der Waals surface area contributed by atoms with Crippen LogP contribution in [0, 0.1) is 11.6 Å². The van der Waals surface area contributed by atoms with Gasteiger partial charge in [-0.15, -0.1) is 10.2 Å². The molecule has 0 fully saturated rings. The number of hydrogen-bond acceptors (Lipinski definition) is 4. The zero-order valence-corrected chi connectivity index (χ0v) is 12.3. The fraction of sp³-hybridized carbons (Fsp3) is 0.0625. The summed E-state index contributed by atoms with van der Waals surface area (Å²) < 4.78 is 33.0. The molecule has 3 rings (SSSR count). The number of nitrogens with zero attached hydrogens (tertiary/aromatic N) is 3. The average Bonchev–Trinajstić information content (AvgIpc) is 3.09. The highest BCUT2D eigenvalue weighted by molar-refractivity contribution is 5.93. The molecule has 24 heavy (non-hydrogen) atoms. The van der Waals surface area contributed by atoms with Crippen LogP contribution in [0.3, 0.4) is 0 Å². The van der Waals surface area contributed by atoms with E-state index in [9.17, 15) is 13.6 Å². The molecule has 0 unspecified atom stereocenters. The van der Waals surface area contributed by atoms with E-state index in [1.165, 1.54) is 12.7 Å². The van der Waals surface area contributed by atoms with Gasteiger partial charge in [0.05, 0.1) is 11.4 Å². The fourth-order valence-corrected chi connectivity index (χ4v) is 2.05. The van der Waals surface area contributed by atoms with Gasteiger partial charge in [-0.2, -0.15) is 0 Å². The number of para-hydroxylation sites is 2. The molecule has 6 nitrogen and oxygen atoms in total. The monoisotopic (exact) mass is 330 g/mol. The predicted octanol–water partition coefficient (Wildman–Crippen LogP) is 2.56. The number of benzene rings is 2. The number of rotatable bonds is 5. The molecule has 1 N–H and O–H groups in total. The van der Waals surface area contributed by atoms with Gasteiger partial charge in [-0.25, -0.2) is 8.78 Å². The highest BCUT2D eigenvalue weighted by atomic mass is 19.1. The zero-order valence-electron chi connectivity index (χ0n) is 12.3. The summed E-state index contributed by atoms with van der Waals surface area (Å²) in [4.78, 5) is 12.0. The van der Waals surface area contributed by atoms with E-state index in [2.05, 4.69) is 15.5 Å². The molecule has 122 valence electrons. The van der Waals surface area contributed by atoms with Gasteiger partial charge in [0.1, 0.15) is 18.5 Å². The highest BCUT2D eigenvalue weighted by Crippen LogP contribution is 2.20. The molecule has 0 spiro atoms. The van der Waals surface area contributed by atoms with Gasteiger partial charge in [0.25, 0.3) is 5.91 Å². The van der Waals surface area contributed by atoms with Crippen LogP contribution in [0.5, 0.6) is 5.75 Å². The van der Waals surface area contributed by atoms with Gasteiger partial charge in [-0.3, -0.25) is 9.36 Å². The standard InChI is InChI=1S/C16H12F2N4O2/c17-11-5-6-15(12(18)7-11)24-8-16(23)21-13-3-1-2-4-14(13)22-9-19-20-10-22/h1-7,9-10H,8H2,(H,21,23). The summed E-state index contributed by atoms with van der Waals surface area (Å²) in [6.07, 6.45) is 2.99. The lowest BCUT2D eigenvalue weighted by molar-refractivity contribution is -0.118. The number of carbonyl (C=O) groups is 1. The molecule has 0 saturated carbocycles. The van der Waals surface area contributed by atoms with E-state index < -0.39 is 24.1 Å². The van der Waals surface area contributed by atoms with Gasteiger partial charge in [-0.1, -0.05) is 12.1 Å². The Morgan fingerprint density at radius 1 is 1.12 bits per heavy atom. The van der Waals surface area contributed by atoms with Gasteiger partial charge in [0.2, 0.25) is 0 Å². The van der Waals surface area contributed by atoms with Crippen LogP contribution < -0.4 is 10.1 Å². The number of amides is 1. The molecule has 1 amide bonds. The van der Waals surface area contributed by atoms with Crippen molar-refractivity contribution in [2.75, 3.05) is 11.9 Å². The second kappa shape index (κ2) is 6.86. The Labute approximate surface area is 135 Å². The quantitative estimate of drug-likeness (QED) is 0.781. The molecule has 0 aliphatic heterocycles. The van der Waals surface area contributed by atoms with Crippen LogP contribution in [0.4, 0.5) is 14.5 Å². The van der Waals surface area contributed by atoms with E-state index in [-0.39, 0.29) is 5.75 Å². The lowest BCUT2D eigenvalue weighted by Gasteiger charge is -2.12. The van der Waals surface area contributed by atoms with Crippen molar-refractivity contribution in [3.63, 3.8) is 0 Å². The Morgan fingerprint density at radius 3 is 2.62 bits per heavy atom. The number of carbonyl (C=O) groups excluding carboxylic acids is 1. The van der Waals surface area contributed by atoms with Gasteiger partial charge in [0, 0.05) is 6.07 Å². The van der Waals surface area contributed by atoms with E-state index in [4.69, 9.17) is 4.74 Å². The number of hydrogen-bond donors (Lipinski definition) is 1. The minimum absolute atomic E-state index is 0.196. The van der Waals surface area contributed by atoms with Crippen molar-refractivity contribution in [1.29, 1.82) is 0 Å². The largest absolute Gasteiger partial charge is 0.481 e. The van der Waals surface area contributed by atoms with E-state index in [0.717, 1.165) is 12.1 Å². The molecular formula is C16H12F2N4O2. The fourth-order valence-electron chi connectivity index (χ4n) is 2.05. The molecule has 0 radical (unpaired) electrons. The maximum absolute atomic E-state index is 13.5. The van der Waals surface area contributed by atoms with Crippen molar-refractivity contribution in [2.24, 2.45) is 0 Å². The molecule has 0 saturated heterocycles. The number of nitrogens with one attached hydrogen (secondary N) is 1. The zero-order chi connectivity index (χ0) is 16.9. The topological polar surface area (TPSA) is 69.0 Å². The third kappa shape index (κ3) is 3.54. The molecule has 8 heteroatoms. The minimum atomic E-state index is -0.868. The molecule has 0 bridgehead atoms. The summed E-state index contributed by atoms with van der Waals surface area (Å²) >= 11 is 0. The van der Waals surface area contributed by atoms with Crippen molar-refractivity contribution in [3.05, 3.63) is 66.8 Å². The molecule has 1 aromatic heterocycles. The van der Waals surface area contributed by atoms with Gasteiger partial charge in [-0.05, 0) is 24.3 Å². The summed E-state index contributed by atoms with van der Waals surface area (Å²) in [5.74, 6) is -2.27. The van der Waals surface area contributed by atoms with E-state index >= 15 is 0 Å². The van der Waals surface area contributed by atoms with E-state index in [0.29, 0.717) is 17.4 Å². The molecule has 0 aliphatic carbocycles. The second-order valence-electron chi connectivity index (χ2n) is 4.80. The summed E-state index contributed by atoms with van der Waals surface area (Å²) in [6.45, 7) is -0.418. The Bertz CT molecular complexity index is 853. The molecule has 2 aromatic carbocycles. The highest BCUT2D eigenvalue weighted by Gasteiger charge is 2.11. The average molecular weight is 330 g/mol. The maximum atomic E-state index is 13.5. The van der Waals surface area contributed by atoms with Gasteiger partial charge in [0.15, 0.2) is 18.2 Å². The molecule has 0 aliphatic rings. The van der Waals surface area contributed by atoms with Crippen molar-refractivity contribution in [3.8, 4) is 11.4 Å². The Kier molecular flexibility index (Phi) is 4.46. The third-order valence-electron chi connectivity index (χ3n) is 3.13. The van der Waals surface area contributed by atoms with Crippen molar-refractivity contribution >= 4 is 11.6 Å². The normalized spacial score (nSPS) is 10.4. The smallest absolute Gasteiger partial charge is 0.262 e. The first-order valence-corrected chi connectivity index (χ1v) is 6.95. The van der Waals surface area contributed by atoms with Crippen LogP contribution in [0.25, 0.3) is 5.69 Å². The predicted molar refractivity (Wildman–Crippen MR) is 81.8 cm³/mol. The van der Waals surface area contributed by atoms with Crippen molar-refractivity contribution in [1.82, 2.24) is 14.8 Å². The van der Waals surface area contributed by atoms with Gasteiger partial charge >= 0.3 is 0 Å². The SMILES string of the molecule is O=C(COc1ccc(F)cc1F)Nc1ccccc1-n1cnnc1. The maximum Gasteiger partial charge on any atom is 0.262 e. The molecular weight excluding hydrogens is 318 g/mol. The third-order valence-corrected chi connectivity index (χ3v) is 3.13. The first-order valence-electron chi connectivity index (χ1n) is 6.95. The van der Waals surface area contributed by atoms with Crippen LogP contribution in [0.15, 0.2) is 55.1 Å². The van der Waals surface area contributed by atoms with Crippen LogP contribution in [-0.2, 0) is 4.79 Å². The number of anilines is 1. The lowest BCUT2D eigenvalue weighted by Crippen LogP contribution is -2.21. The lowest BCUT2D eigenvalue weighted by atomic mass is 10.2. The summed E-state index contributed by atoms with van der Waals surface area (Å²) in [5.41, 5.74) is 1.19. The van der Waals surface area contributed by atoms with Crippen LogP contribution in [-0.4, -0.2) is 27.3 Å². The Morgan fingerprint density at radius 2 is 1.88 bits per heavy atom. The molecule has 0 atom stereocenters. The molecule has 1 heterocycles. The second-order valence-corrected chi connectivity index (χ2v) is 4.80.